The number of amides is 1. The van der Waals surface area contributed by atoms with Gasteiger partial charge in [-0.25, -0.2) is 0 Å². The summed E-state index contributed by atoms with van der Waals surface area (Å²) in [6.45, 7) is 3.10. The second-order valence-electron chi connectivity index (χ2n) is 8.07. The lowest BCUT2D eigenvalue weighted by molar-refractivity contribution is -0.137. The number of alkyl halides is 3. The highest BCUT2D eigenvalue weighted by Gasteiger charge is 2.37. The standard InChI is InChI=1S/C26H23F3N2O3/c1-25(2,15-30)19-14-20(26(27,28)29)21(13-18(19)16-8-6-5-7-9-16)31-24(32)17-10-11-22(33-3)23(12-17)34-4/h5-14H,1-4H3,(H,31,32). The number of rotatable bonds is 6. The van der Waals surface area contributed by atoms with E-state index in [1.54, 1.807) is 44.2 Å². The van der Waals surface area contributed by atoms with Crippen molar-refractivity contribution in [1.82, 2.24) is 0 Å². The van der Waals surface area contributed by atoms with Crippen LogP contribution in [0.15, 0.2) is 60.7 Å². The third kappa shape index (κ3) is 4.99. The lowest BCUT2D eigenvalue weighted by Gasteiger charge is -2.24. The van der Waals surface area contributed by atoms with Crippen molar-refractivity contribution in [2.24, 2.45) is 0 Å². The smallest absolute Gasteiger partial charge is 0.418 e. The van der Waals surface area contributed by atoms with Crippen LogP contribution in [-0.2, 0) is 11.6 Å². The maximum atomic E-state index is 14.1. The van der Waals surface area contributed by atoms with Crippen molar-refractivity contribution in [3.05, 3.63) is 77.4 Å². The number of methoxy groups -OCH3 is 2. The van der Waals surface area contributed by atoms with Gasteiger partial charge in [0.1, 0.15) is 0 Å². The number of benzene rings is 3. The molecule has 0 heterocycles. The first-order chi connectivity index (χ1) is 16.0. The molecule has 0 bridgehead atoms. The van der Waals surface area contributed by atoms with Gasteiger partial charge in [-0.15, -0.1) is 0 Å². The summed E-state index contributed by atoms with van der Waals surface area (Å²) in [5, 5.41) is 12.0. The zero-order valence-corrected chi connectivity index (χ0v) is 19.1. The molecular weight excluding hydrogens is 445 g/mol. The van der Waals surface area contributed by atoms with E-state index in [1.807, 2.05) is 0 Å². The Morgan fingerprint density at radius 3 is 2.12 bits per heavy atom. The number of ether oxygens (including phenoxy) is 2. The van der Waals surface area contributed by atoms with Gasteiger partial charge in [-0.05, 0) is 60.9 Å². The van der Waals surface area contributed by atoms with Crippen LogP contribution in [0.2, 0.25) is 0 Å². The van der Waals surface area contributed by atoms with Crippen molar-refractivity contribution in [2.45, 2.75) is 25.4 Å². The van der Waals surface area contributed by atoms with E-state index in [1.165, 1.54) is 38.5 Å². The van der Waals surface area contributed by atoms with Crippen LogP contribution in [-0.4, -0.2) is 20.1 Å². The Labute approximate surface area is 195 Å². The topological polar surface area (TPSA) is 71.3 Å². The summed E-state index contributed by atoms with van der Waals surface area (Å²) in [4.78, 5) is 12.9. The molecule has 0 saturated heterocycles. The van der Waals surface area contributed by atoms with Gasteiger partial charge < -0.3 is 14.8 Å². The lowest BCUT2D eigenvalue weighted by atomic mass is 9.80. The SMILES string of the molecule is COc1ccc(C(=O)Nc2cc(-c3ccccc3)c(C(C)(C)C#N)cc2C(F)(F)F)cc1OC. The molecule has 3 rings (SSSR count). The third-order valence-electron chi connectivity index (χ3n) is 5.39. The van der Waals surface area contributed by atoms with Gasteiger partial charge >= 0.3 is 6.18 Å². The van der Waals surface area contributed by atoms with Crippen molar-refractivity contribution in [3.63, 3.8) is 0 Å². The fraction of sp³-hybridized carbons (Fsp3) is 0.231. The molecule has 3 aromatic rings. The number of hydrogen-bond donors (Lipinski definition) is 1. The van der Waals surface area contributed by atoms with Crippen LogP contribution in [0.3, 0.4) is 0 Å². The quantitative estimate of drug-likeness (QED) is 0.452. The Hall–Kier alpha value is -3.99. The molecule has 0 aliphatic heterocycles. The van der Waals surface area contributed by atoms with Gasteiger partial charge in [0.25, 0.3) is 5.91 Å². The van der Waals surface area contributed by atoms with E-state index in [2.05, 4.69) is 11.4 Å². The number of carbonyl (C=O) groups excluding carboxylic acids is 1. The van der Waals surface area contributed by atoms with E-state index in [4.69, 9.17) is 9.47 Å². The molecule has 0 aliphatic rings. The van der Waals surface area contributed by atoms with Gasteiger partial charge in [0.2, 0.25) is 0 Å². The van der Waals surface area contributed by atoms with E-state index in [0.29, 0.717) is 16.9 Å². The maximum absolute atomic E-state index is 14.1. The summed E-state index contributed by atoms with van der Waals surface area (Å²) in [7, 11) is 2.83. The molecule has 8 heteroatoms. The Morgan fingerprint density at radius 1 is 0.912 bits per heavy atom. The summed E-state index contributed by atoms with van der Waals surface area (Å²) in [5.74, 6) is -0.107. The van der Waals surface area contributed by atoms with Crippen molar-refractivity contribution in [3.8, 4) is 28.7 Å². The fourth-order valence-corrected chi connectivity index (χ4v) is 3.54. The highest BCUT2D eigenvalue weighted by molar-refractivity contribution is 6.05. The van der Waals surface area contributed by atoms with E-state index in [9.17, 15) is 23.2 Å². The number of nitrogens with zero attached hydrogens (tertiary/aromatic N) is 1. The summed E-state index contributed by atoms with van der Waals surface area (Å²) >= 11 is 0. The first-order valence-electron chi connectivity index (χ1n) is 10.3. The van der Waals surface area contributed by atoms with E-state index in [0.717, 1.165) is 6.07 Å². The first kappa shape index (κ1) is 24.6. The Kier molecular flexibility index (Phi) is 6.87. The second-order valence-corrected chi connectivity index (χ2v) is 8.07. The van der Waals surface area contributed by atoms with Crippen LogP contribution in [0, 0.1) is 11.3 Å². The predicted molar refractivity (Wildman–Crippen MR) is 123 cm³/mol. The molecule has 0 radical (unpaired) electrons. The number of carbonyl (C=O) groups is 1. The molecule has 176 valence electrons. The Balaban J connectivity index is 2.18. The number of hydrogen-bond acceptors (Lipinski definition) is 4. The normalized spacial score (nSPS) is 11.5. The zero-order valence-electron chi connectivity index (χ0n) is 19.1. The van der Waals surface area contributed by atoms with Gasteiger partial charge in [0, 0.05) is 5.56 Å². The molecule has 1 amide bonds. The predicted octanol–water partition coefficient (Wildman–Crippen LogP) is 6.44. The van der Waals surface area contributed by atoms with Gasteiger partial charge in [0.05, 0.1) is 37.0 Å². The van der Waals surface area contributed by atoms with Crippen LogP contribution in [0.25, 0.3) is 11.1 Å². The average Bonchev–Trinajstić information content (AvgIpc) is 2.82. The number of nitriles is 1. The first-order valence-corrected chi connectivity index (χ1v) is 10.3. The summed E-state index contributed by atoms with van der Waals surface area (Å²) < 4.78 is 52.5. The van der Waals surface area contributed by atoms with Gasteiger partial charge in [0.15, 0.2) is 11.5 Å². The fourth-order valence-electron chi connectivity index (χ4n) is 3.54. The molecule has 1 N–H and O–H groups in total. The lowest BCUT2D eigenvalue weighted by Crippen LogP contribution is -2.21. The van der Waals surface area contributed by atoms with E-state index < -0.39 is 28.7 Å². The minimum absolute atomic E-state index is 0.0912. The maximum Gasteiger partial charge on any atom is 0.418 e. The van der Waals surface area contributed by atoms with Gasteiger partial charge in [-0.1, -0.05) is 30.3 Å². The molecule has 34 heavy (non-hydrogen) atoms. The molecule has 0 saturated carbocycles. The average molecular weight is 468 g/mol. The molecule has 0 aromatic heterocycles. The Morgan fingerprint density at radius 2 is 1.56 bits per heavy atom. The summed E-state index contributed by atoms with van der Waals surface area (Å²) in [6.07, 6.45) is -4.77. The van der Waals surface area contributed by atoms with Crippen LogP contribution in [0.1, 0.15) is 35.3 Å². The van der Waals surface area contributed by atoms with Crippen molar-refractivity contribution >= 4 is 11.6 Å². The molecule has 0 aliphatic carbocycles. The van der Waals surface area contributed by atoms with Gasteiger partial charge in [-0.2, -0.15) is 18.4 Å². The van der Waals surface area contributed by atoms with Crippen LogP contribution >= 0.6 is 0 Å². The van der Waals surface area contributed by atoms with Crippen LogP contribution in [0.4, 0.5) is 18.9 Å². The second kappa shape index (κ2) is 9.48. The Bertz CT molecular complexity index is 1250. The van der Waals surface area contributed by atoms with Crippen molar-refractivity contribution in [1.29, 1.82) is 5.26 Å². The summed E-state index contributed by atoms with van der Waals surface area (Å²) in [5.41, 5.74) is -1.33. The third-order valence-corrected chi connectivity index (χ3v) is 5.39. The number of anilines is 1. The van der Waals surface area contributed by atoms with Crippen molar-refractivity contribution < 1.29 is 27.4 Å². The molecule has 5 nitrogen and oxygen atoms in total. The van der Waals surface area contributed by atoms with Crippen LogP contribution in [0.5, 0.6) is 11.5 Å². The van der Waals surface area contributed by atoms with E-state index >= 15 is 0 Å². The van der Waals surface area contributed by atoms with Crippen molar-refractivity contribution in [2.75, 3.05) is 19.5 Å². The van der Waals surface area contributed by atoms with Crippen LogP contribution < -0.4 is 14.8 Å². The molecular formula is C26H23F3N2O3. The zero-order chi connectivity index (χ0) is 25.1. The molecule has 0 spiro atoms. The monoisotopic (exact) mass is 468 g/mol. The summed E-state index contributed by atoms with van der Waals surface area (Å²) in [6, 6.07) is 17.3. The minimum atomic E-state index is -4.77. The molecule has 3 aromatic carbocycles. The number of halogens is 3. The molecule has 0 atom stereocenters. The minimum Gasteiger partial charge on any atom is -0.493 e. The molecule has 0 fully saturated rings. The molecule has 0 unspecified atom stereocenters. The van der Waals surface area contributed by atoms with E-state index in [-0.39, 0.29) is 16.9 Å². The highest BCUT2D eigenvalue weighted by Crippen LogP contribution is 2.43. The van der Waals surface area contributed by atoms with Gasteiger partial charge in [-0.3, -0.25) is 4.79 Å². The largest absolute Gasteiger partial charge is 0.493 e. The number of nitrogens with one attached hydrogen (secondary N) is 1. The highest BCUT2D eigenvalue weighted by atomic mass is 19.4.